The summed E-state index contributed by atoms with van der Waals surface area (Å²) in [5.41, 5.74) is 1.87. The van der Waals surface area contributed by atoms with Gasteiger partial charge >= 0.3 is 6.03 Å². The minimum absolute atomic E-state index is 0.132. The number of aromatic nitrogens is 2. The molecule has 142 valence electrons. The van der Waals surface area contributed by atoms with Gasteiger partial charge in [-0.15, -0.1) is 11.3 Å². The molecule has 1 saturated heterocycles. The van der Waals surface area contributed by atoms with Gasteiger partial charge in [-0.1, -0.05) is 0 Å². The molecule has 0 unspecified atom stereocenters. The maximum Gasteiger partial charge on any atom is 0.315 e. The van der Waals surface area contributed by atoms with Crippen molar-refractivity contribution < 1.29 is 17.9 Å². The predicted molar refractivity (Wildman–Crippen MR) is 97.8 cm³/mol. The summed E-state index contributed by atoms with van der Waals surface area (Å²) in [5.74, 6) is 0. The number of rotatable bonds is 5. The van der Waals surface area contributed by atoms with E-state index in [4.69, 9.17) is 4.74 Å². The summed E-state index contributed by atoms with van der Waals surface area (Å²) in [6.07, 6.45) is 3.59. The fraction of sp³-hybridized carbons (Fsp3) is 0.500. The molecule has 0 aromatic carbocycles. The van der Waals surface area contributed by atoms with E-state index in [-0.39, 0.29) is 24.7 Å². The van der Waals surface area contributed by atoms with Gasteiger partial charge in [0.15, 0.2) is 9.84 Å². The predicted octanol–water partition coefficient (Wildman–Crippen LogP) is 1.52. The second kappa shape index (κ2) is 7.37. The van der Waals surface area contributed by atoms with Gasteiger partial charge in [-0.25, -0.2) is 13.2 Å². The van der Waals surface area contributed by atoms with Gasteiger partial charge in [-0.05, 0) is 25.5 Å². The lowest BCUT2D eigenvalue weighted by molar-refractivity contribution is 0.0994. The highest BCUT2D eigenvalue weighted by molar-refractivity contribution is 7.92. The number of ether oxygens (including phenoxy) is 1. The van der Waals surface area contributed by atoms with Crippen LogP contribution < -0.4 is 10.6 Å². The van der Waals surface area contributed by atoms with Crippen LogP contribution in [0.1, 0.15) is 28.7 Å². The highest BCUT2D eigenvalue weighted by Gasteiger charge is 2.33. The van der Waals surface area contributed by atoms with Crippen LogP contribution in [0.3, 0.4) is 0 Å². The zero-order valence-electron chi connectivity index (χ0n) is 14.9. The van der Waals surface area contributed by atoms with Crippen LogP contribution in [0.2, 0.25) is 0 Å². The molecule has 8 nitrogen and oxygen atoms in total. The third-order valence-electron chi connectivity index (χ3n) is 4.19. The van der Waals surface area contributed by atoms with Crippen molar-refractivity contribution in [3.05, 3.63) is 34.5 Å². The van der Waals surface area contributed by atoms with E-state index in [1.807, 2.05) is 20.2 Å². The third kappa shape index (κ3) is 4.25. The molecule has 10 heteroatoms. The number of carbonyl (C=O) groups excluding carboxylic acids is 1. The SMILES string of the molecule is Cc1nn(C)cc1[C@@H]1OCC[C@H]1NC(=O)NCc1ccc(S(C)(=O)=O)s1. The summed E-state index contributed by atoms with van der Waals surface area (Å²) in [6.45, 7) is 2.77. The van der Waals surface area contributed by atoms with Crippen molar-refractivity contribution in [2.24, 2.45) is 7.05 Å². The number of urea groups is 1. The molecule has 2 aromatic rings. The number of carbonyl (C=O) groups is 1. The first-order valence-corrected chi connectivity index (χ1v) is 10.9. The molecule has 0 bridgehead atoms. The highest BCUT2D eigenvalue weighted by Crippen LogP contribution is 2.30. The lowest BCUT2D eigenvalue weighted by atomic mass is 10.0. The lowest BCUT2D eigenvalue weighted by Gasteiger charge is -2.19. The summed E-state index contributed by atoms with van der Waals surface area (Å²) in [5, 5.41) is 10.0. The molecule has 0 radical (unpaired) electrons. The number of hydrogen-bond donors (Lipinski definition) is 2. The van der Waals surface area contributed by atoms with Gasteiger partial charge in [0.05, 0.1) is 18.3 Å². The number of sulfone groups is 1. The zero-order chi connectivity index (χ0) is 18.9. The first kappa shape index (κ1) is 18.9. The van der Waals surface area contributed by atoms with Crippen LogP contribution in [-0.4, -0.2) is 43.1 Å². The summed E-state index contributed by atoms with van der Waals surface area (Å²) in [4.78, 5) is 13.0. The smallest absolute Gasteiger partial charge is 0.315 e. The molecule has 1 aliphatic rings. The van der Waals surface area contributed by atoms with E-state index in [2.05, 4.69) is 15.7 Å². The van der Waals surface area contributed by atoms with E-state index in [9.17, 15) is 13.2 Å². The quantitative estimate of drug-likeness (QED) is 0.795. The topological polar surface area (TPSA) is 102 Å². The Morgan fingerprint density at radius 2 is 2.23 bits per heavy atom. The number of thiophene rings is 1. The Morgan fingerprint density at radius 3 is 2.85 bits per heavy atom. The van der Waals surface area contributed by atoms with Gasteiger partial charge in [0.25, 0.3) is 0 Å². The van der Waals surface area contributed by atoms with Crippen LogP contribution in [0.5, 0.6) is 0 Å². The number of nitrogens with one attached hydrogen (secondary N) is 2. The molecule has 2 amide bonds. The largest absolute Gasteiger partial charge is 0.371 e. The minimum Gasteiger partial charge on any atom is -0.371 e. The van der Waals surface area contributed by atoms with E-state index in [1.54, 1.807) is 16.8 Å². The van der Waals surface area contributed by atoms with Crippen molar-refractivity contribution in [1.29, 1.82) is 0 Å². The van der Waals surface area contributed by atoms with E-state index >= 15 is 0 Å². The first-order valence-electron chi connectivity index (χ1n) is 8.19. The Morgan fingerprint density at radius 1 is 1.46 bits per heavy atom. The van der Waals surface area contributed by atoms with Crippen LogP contribution in [0.4, 0.5) is 4.79 Å². The summed E-state index contributed by atoms with van der Waals surface area (Å²) in [7, 11) is -1.36. The fourth-order valence-corrected chi connectivity index (χ4v) is 4.90. The molecule has 1 fully saturated rings. The van der Waals surface area contributed by atoms with Crippen LogP contribution in [0, 0.1) is 6.92 Å². The molecule has 26 heavy (non-hydrogen) atoms. The average Bonchev–Trinajstić information content (AvgIpc) is 3.25. The van der Waals surface area contributed by atoms with Crippen LogP contribution in [0.25, 0.3) is 0 Å². The van der Waals surface area contributed by atoms with E-state index in [1.165, 1.54) is 6.26 Å². The van der Waals surface area contributed by atoms with Crippen molar-refractivity contribution in [3.8, 4) is 0 Å². The molecule has 0 saturated carbocycles. The molecule has 1 aliphatic heterocycles. The Balaban J connectivity index is 1.57. The van der Waals surface area contributed by atoms with Gasteiger partial charge < -0.3 is 15.4 Å². The summed E-state index contributed by atoms with van der Waals surface area (Å²) < 4.78 is 30.8. The van der Waals surface area contributed by atoms with Crippen molar-refractivity contribution in [2.45, 2.75) is 36.2 Å². The monoisotopic (exact) mass is 398 g/mol. The molecule has 0 aliphatic carbocycles. The number of amides is 2. The Kier molecular flexibility index (Phi) is 5.35. The van der Waals surface area contributed by atoms with Crippen LogP contribution in [-0.2, 0) is 28.2 Å². The van der Waals surface area contributed by atoms with Gasteiger partial charge in [-0.3, -0.25) is 4.68 Å². The molecule has 2 atom stereocenters. The van der Waals surface area contributed by atoms with Crippen LogP contribution in [0.15, 0.2) is 22.5 Å². The van der Waals surface area contributed by atoms with Crippen molar-refractivity contribution in [2.75, 3.05) is 12.9 Å². The molecular weight excluding hydrogens is 376 g/mol. The van der Waals surface area contributed by atoms with Gasteiger partial charge in [0, 0.05) is 36.5 Å². The molecule has 2 N–H and O–H groups in total. The van der Waals surface area contributed by atoms with Crippen LogP contribution >= 0.6 is 11.3 Å². The first-order chi connectivity index (χ1) is 12.2. The maximum atomic E-state index is 12.2. The second-order valence-corrected chi connectivity index (χ2v) is 9.76. The highest BCUT2D eigenvalue weighted by atomic mass is 32.2. The Hall–Kier alpha value is -1.91. The van der Waals surface area contributed by atoms with Gasteiger partial charge in [-0.2, -0.15) is 5.10 Å². The van der Waals surface area contributed by atoms with Gasteiger partial charge in [0.1, 0.15) is 10.3 Å². The molecular formula is C16H22N4O4S2. The average molecular weight is 399 g/mol. The molecule has 2 aromatic heterocycles. The zero-order valence-corrected chi connectivity index (χ0v) is 16.5. The fourth-order valence-electron chi connectivity index (χ4n) is 2.98. The third-order valence-corrected chi connectivity index (χ3v) is 7.10. The van der Waals surface area contributed by atoms with Crippen molar-refractivity contribution in [3.63, 3.8) is 0 Å². The van der Waals surface area contributed by atoms with E-state index in [0.29, 0.717) is 10.8 Å². The molecule has 3 rings (SSSR count). The second-order valence-electron chi connectivity index (χ2n) is 6.35. The van der Waals surface area contributed by atoms with E-state index < -0.39 is 9.84 Å². The van der Waals surface area contributed by atoms with E-state index in [0.717, 1.165) is 33.9 Å². The summed E-state index contributed by atoms with van der Waals surface area (Å²) in [6, 6.07) is 2.83. The number of aryl methyl sites for hydroxylation is 2. The normalized spacial score (nSPS) is 20.3. The molecule has 3 heterocycles. The maximum absolute atomic E-state index is 12.2. The van der Waals surface area contributed by atoms with Gasteiger partial charge in [0.2, 0.25) is 0 Å². The van der Waals surface area contributed by atoms with Crippen molar-refractivity contribution >= 4 is 27.2 Å². The van der Waals surface area contributed by atoms with Crippen molar-refractivity contribution in [1.82, 2.24) is 20.4 Å². The Bertz CT molecular complexity index is 903. The lowest BCUT2D eigenvalue weighted by Crippen LogP contribution is -2.43. The standard InChI is InChI=1S/C16H22N4O4S2/c1-10-12(9-20(2)19-10)15-13(6-7-24-15)18-16(21)17-8-11-4-5-14(25-11)26(3,22)23/h4-5,9,13,15H,6-8H2,1-3H3,(H2,17,18,21)/t13-,15+/m1/s1. The number of nitrogens with zero attached hydrogens (tertiary/aromatic N) is 2. The Labute approximate surface area is 156 Å². The minimum atomic E-state index is -3.21. The number of hydrogen-bond acceptors (Lipinski definition) is 6. The molecule has 0 spiro atoms. The summed E-state index contributed by atoms with van der Waals surface area (Å²) >= 11 is 1.16.